The number of halogens is 1. The number of carbonyl (C=O) groups is 1. The molecule has 1 saturated heterocycles. The third kappa shape index (κ3) is 5.78. The molecule has 1 unspecified atom stereocenters. The largest absolute Gasteiger partial charge is 0.512 e. The number of ether oxygens (including phenoxy) is 2. The van der Waals surface area contributed by atoms with E-state index in [0.29, 0.717) is 43.6 Å². The fourth-order valence-electron chi connectivity index (χ4n) is 7.05. The molecule has 42 heavy (non-hydrogen) atoms. The fourth-order valence-corrected chi connectivity index (χ4v) is 7.05. The van der Waals surface area contributed by atoms with E-state index in [4.69, 9.17) is 14.6 Å². The highest BCUT2D eigenvalue weighted by molar-refractivity contribution is 5.91. The Bertz CT molecular complexity index is 1400. The third-order valence-corrected chi connectivity index (χ3v) is 9.47. The Morgan fingerprint density at radius 1 is 1.24 bits per heavy atom. The van der Waals surface area contributed by atoms with Gasteiger partial charge in [-0.05, 0) is 63.5 Å². The lowest BCUT2D eigenvalue weighted by atomic mass is 9.76. The van der Waals surface area contributed by atoms with Crippen molar-refractivity contribution in [3.63, 3.8) is 0 Å². The van der Waals surface area contributed by atoms with Crippen molar-refractivity contribution in [1.82, 2.24) is 9.78 Å². The summed E-state index contributed by atoms with van der Waals surface area (Å²) < 4.78 is 28.8. The fraction of sp³-hybridized carbons (Fsp3) is 0.606. The van der Waals surface area contributed by atoms with Crippen molar-refractivity contribution >= 4 is 11.8 Å². The minimum Gasteiger partial charge on any atom is -0.512 e. The smallest absolute Gasteiger partial charge is 0.338 e. The molecule has 1 aromatic heterocycles. The van der Waals surface area contributed by atoms with Crippen molar-refractivity contribution in [1.29, 1.82) is 5.26 Å². The lowest BCUT2D eigenvalue weighted by molar-refractivity contribution is -0.167. The van der Waals surface area contributed by atoms with Crippen LogP contribution < -0.4 is 4.90 Å². The SMILES string of the molecule is CCc1nn(C)c(N2CCOCC2)c1CC1=C(O)CC(CCc2ccc(C(C)(C)C#N)c(F)c2)(C2CCCC2)OC1=O. The number of carbonyl (C=O) groups excluding carboxylic acids is 1. The van der Waals surface area contributed by atoms with Crippen LogP contribution in [-0.4, -0.2) is 52.8 Å². The van der Waals surface area contributed by atoms with Crippen LogP contribution in [0.25, 0.3) is 0 Å². The van der Waals surface area contributed by atoms with Crippen LogP contribution >= 0.6 is 0 Å². The first-order chi connectivity index (χ1) is 20.1. The number of morpholine rings is 1. The molecule has 1 N–H and O–H groups in total. The number of hydrogen-bond donors (Lipinski definition) is 1. The van der Waals surface area contributed by atoms with Gasteiger partial charge < -0.3 is 19.5 Å². The summed E-state index contributed by atoms with van der Waals surface area (Å²) in [5.41, 5.74) is 1.55. The van der Waals surface area contributed by atoms with Crippen molar-refractivity contribution in [3.05, 3.63) is 57.7 Å². The number of benzene rings is 1. The van der Waals surface area contributed by atoms with Gasteiger partial charge in [0.2, 0.25) is 0 Å². The molecule has 0 amide bonds. The van der Waals surface area contributed by atoms with Crippen LogP contribution in [0.5, 0.6) is 0 Å². The lowest BCUT2D eigenvalue weighted by Gasteiger charge is -2.42. The van der Waals surface area contributed by atoms with Crippen LogP contribution in [0.2, 0.25) is 0 Å². The summed E-state index contributed by atoms with van der Waals surface area (Å²) in [6.45, 7) is 8.20. The molecule has 8 nitrogen and oxygen atoms in total. The quantitative estimate of drug-likeness (QED) is 0.385. The van der Waals surface area contributed by atoms with Gasteiger partial charge in [0.25, 0.3) is 0 Å². The van der Waals surface area contributed by atoms with Gasteiger partial charge in [0.05, 0.1) is 36.0 Å². The van der Waals surface area contributed by atoms with E-state index in [0.717, 1.165) is 61.4 Å². The second-order valence-electron chi connectivity index (χ2n) is 12.6. The number of rotatable bonds is 9. The molecular formula is C33H43FN4O4. The topological polar surface area (TPSA) is 101 Å². The Balaban J connectivity index is 1.41. The Hall–Kier alpha value is -3.38. The number of hydrogen-bond acceptors (Lipinski definition) is 7. The van der Waals surface area contributed by atoms with Crippen LogP contribution in [0.1, 0.15) is 81.7 Å². The highest BCUT2D eigenvalue weighted by atomic mass is 19.1. The van der Waals surface area contributed by atoms with E-state index in [1.54, 1.807) is 19.9 Å². The van der Waals surface area contributed by atoms with Gasteiger partial charge in [-0.1, -0.05) is 31.9 Å². The zero-order chi connectivity index (χ0) is 30.1. The highest BCUT2D eigenvalue weighted by Crippen LogP contribution is 2.46. The van der Waals surface area contributed by atoms with Crippen molar-refractivity contribution in [2.24, 2.45) is 13.0 Å². The lowest BCUT2D eigenvalue weighted by Crippen LogP contribution is -2.46. The van der Waals surface area contributed by atoms with Crippen molar-refractivity contribution in [2.75, 3.05) is 31.2 Å². The van der Waals surface area contributed by atoms with Gasteiger partial charge in [0.1, 0.15) is 23.0 Å². The molecule has 1 atom stereocenters. The van der Waals surface area contributed by atoms with Crippen LogP contribution in [0.15, 0.2) is 29.5 Å². The highest BCUT2D eigenvalue weighted by Gasteiger charge is 2.48. The zero-order valence-electron chi connectivity index (χ0n) is 25.3. The van der Waals surface area contributed by atoms with E-state index in [9.17, 15) is 15.2 Å². The molecule has 1 aliphatic carbocycles. The predicted octanol–water partition coefficient (Wildman–Crippen LogP) is 5.62. The van der Waals surface area contributed by atoms with Crippen LogP contribution in [-0.2, 0) is 46.0 Å². The molecule has 2 fully saturated rings. The van der Waals surface area contributed by atoms with Crippen LogP contribution in [0.4, 0.5) is 10.2 Å². The van der Waals surface area contributed by atoms with Gasteiger partial charge in [-0.3, -0.25) is 4.68 Å². The first-order valence-corrected chi connectivity index (χ1v) is 15.3. The molecule has 0 radical (unpaired) electrons. The molecular weight excluding hydrogens is 535 g/mol. The normalized spacial score (nSPS) is 22.0. The van der Waals surface area contributed by atoms with E-state index in [2.05, 4.69) is 11.0 Å². The average molecular weight is 579 g/mol. The maximum Gasteiger partial charge on any atom is 0.338 e. The number of aryl methyl sites for hydroxylation is 3. The standard InChI is InChI=1S/C33H43FN4O4/c1-5-28-24(30(37(4)36-28)38-14-16-41-17-15-38)19-25-29(39)20-33(42-31(25)40,23-8-6-7-9-23)13-12-22-10-11-26(27(34)18-22)32(2,3)21-35/h10-11,18,23,39H,5-9,12-17,19-20H2,1-4H3. The summed E-state index contributed by atoms with van der Waals surface area (Å²) in [6, 6.07) is 7.19. The van der Waals surface area contributed by atoms with Crippen molar-refractivity contribution in [2.45, 2.75) is 89.6 Å². The summed E-state index contributed by atoms with van der Waals surface area (Å²) in [5, 5.41) is 25.7. The molecule has 1 aromatic carbocycles. The van der Waals surface area contributed by atoms with Gasteiger partial charge >= 0.3 is 5.97 Å². The third-order valence-electron chi connectivity index (χ3n) is 9.47. The second kappa shape index (κ2) is 12.1. The van der Waals surface area contributed by atoms with Gasteiger partial charge in [-0.15, -0.1) is 0 Å². The molecule has 226 valence electrons. The maximum atomic E-state index is 15.0. The summed E-state index contributed by atoms with van der Waals surface area (Å²) in [4.78, 5) is 16.0. The number of esters is 1. The molecule has 3 aliphatic rings. The van der Waals surface area contributed by atoms with Crippen LogP contribution in [0, 0.1) is 23.1 Å². The maximum absolute atomic E-state index is 15.0. The van der Waals surface area contributed by atoms with Crippen molar-refractivity contribution < 1.29 is 23.8 Å². The van der Waals surface area contributed by atoms with Crippen LogP contribution in [0.3, 0.4) is 0 Å². The molecule has 1 saturated carbocycles. The van der Waals surface area contributed by atoms with Gasteiger partial charge in [0.15, 0.2) is 0 Å². The predicted molar refractivity (Wildman–Crippen MR) is 158 cm³/mol. The molecule has 5 rings (SSSR count). The summed E-state index contributed by atoms with van der Waals surface area (Å²) in [6.07, 6.45) is 6.22. The Labute approximate surface area is 248 Å². The zero-order valence-corrected chi connectivity index (χ0v) is 25.3. The Morgan fingerprint density at radius 2 is 1.95 bits per heavy atom. The molecule has 0 bridgehead atoms. The number of cyclic esters (lactones) is 1. The van der Waals surface area contributed by atoms with Gasteiger partial charge in [-0.25, -0.2) is 9.18 Å². The minimum atomic E-state index is -0.923. The Kier molecular flexibility index (Phi) is 8.66. The number of aliphatic hydroxyl groups is 1. The van der Waals surface area contributed by atoms with Gasteiger partial charge in [-0.2, -0.15) is 10.4 Å². The molecule has 2 aliphatic heterocycles. The molecule has 3 heterocycles. The van der Waals surface area contributed by atoms with Gasteiger partial charge in [0, 0.05) is 44.1 Å². The van der Waals surface area contributed by atoms with E-state index in [-0.39, 0.29) is 24.5 Å². The average Bonchev–Trinajstić information content (AvgIpc) is 3.63. The number of anilines is 1. The summed E-state index contributed by atoms with van der Waals surface area (Å²) >= 11 is 0. The van der Waals surface area contributed by atoms with Crippen molar-refractivity contribution in [3.8, 4) is 6.07 Å². The van der Waals surface area contributed by atoms with E-state index in [1.807, 2.05) is 24.7 Å². The number of nitriles is 1. The van der Waals surface area contributed by atoms with E-state index < -0.39 is 22.8 Å². The molecule has 9 heteroatoms. The van der Waals surface area contributed by atoms with E-state index in [1.165, 1.54) is 6.07 Å². The molecule has 2 aromatic rings. The number of aromatic nitrogens is 2. The van der Waals surface area contributed by atoms with E-state index >= 15 is 4.39 Å². The first kappa shape index (κ1) is 30.1. The monoisotopic (exact) mass is 578 g/mol. The summed E-state index contributed by atoms with van der Waals surface area (Å²) in [7, 11) is 1.92. The second-order valence-corrected chi connectivity index (χ2v) is 12.6. The molecule has 0 spiro atoms. The first-order valence-electron chi connectivity index (χ1n) is 15.3. The minimum absolute atomic E-state index is 0.0919. The Morgan fingerprint density at radius 3 is 2.57 bits per heavy atom. The summed E-state index contributed by atoms with van der Waals surface area (Å²) in [5.74, 6) is 0.316. The number of nitrogens with zero attached hydrogens (tertiary/aromatic N) is 4. The number of aliphatic hydroxyl groups excluding tert-OH is 1.